The highest BCUT2D eigenvalue weighted by atomic mass is 35.5. The molecule has 9 heteroatoms. The summed E-state index contributed by atoms with van der Waals surface area (Å²) in [5.41, 5.74) is 1.40. The topological polar surface area (TPSA) is 81.9 Å². The van der Waals surface area contributed by atoms with E-state index >= 15 is 0 Å². The summed E-state index contributed by atoms with van der Waals surface area (Å²) in [5, 5.41) is 13.7. The van der Waals surface area contributed by atoms with Crippen LogP contribution in [0.1, 0.15) is 28.8 Å². The number of amides is 1. The minimum absolute atomic E-state index is 0.0101. The van der Waals surface area contributed by atoms with Crippen LogP contribution in [0.4, 0.5) is 10.9 Å². The molecule has 1 amide bonds. The van der Waals surface area contributed by atoms with E-state index in [1.54, 1.807) is 18.5 Å². The second kappa shape index (κ2) is 9.65. The maximum absolute atomic E-state index is 12.7. The molecule has 3 aromatic rings. The van der Waals surface area contributed by atoms with Crippen molar-refractivity contribution >= 4 is 51.4 Å². The van der Waals surface area contributed by atoms with Crippen LogP contribution in [0.3, 0.4) is 0 Å². The van der Waals surface area contributed by atoms with Gasteiger partial charge in [0.05, 0.1) is 5.56 Å². The van der Waals surface area contributed by atoms with Crippen molar-refractivity contribution in [1.29, 1.82) is 5.26 Å². The molecule has 31 heavy (non-hydrogen) atoms. The summed E-state index contributed by atoms with van der Waals surface area (Å²) in [6.07, 6.45) is 5.37. The largest absolute Gasteiger partial charge is 0.357 e. The summed E-state index contributed by atoms with van der Waals surface area (Å²) < 4.78 is 0. The lowest BCUT2D eigenvalue weighted by atomic mass is 9.96. The van der Waals surface area contributed by atoms with Crippen LogP contribution in [-0.2, 0) is 11.2 Å². The predicted octanol–water partition coefficient (Wildman–Crippen LogP) is 5.16. The van der Waals surface area contributed by atoms with E-state index in [1.807, 2.05) is 24.3 Å². The molecule has 6 nitrogen and oxygen atoms in total. The van der Waals surface area contributed by atoms with Crippen molar-refractivity contribution in [3.63, 3.8) is 0 Å². The van der Waals surface area contributed by atoms with Crippen LogP contribution in [0, 0.1) is 17.2 Å². The number of anilines is 2. The fraction of sp³-hybridized carbons (Fsp3) is 0.273. The Morgan fingerprint density at radius 2 is 1.90 bits per heavy atom. The molecule has 0 spiro atoms. The van der Waals surface area contributed by atoms with Gasteiger partial charge in [0.2, 0.25) is 5.91 Å². The standard InChI is InChI=1S/C22H19Cl2N5OS/c23-18-2-1-3-19(24)17(18)10-16-13-27-22(31-16)28-21(30)15-6-8-29(9-7-15)20-5-4-14(11-25)12-26-20/h1-5,12-13,15H,6-10H2,(H,27,28,30). The van der Waals surface area contributed by atoms with Gasteiger partial charge in [0.15, 0.2) is 5.13 Å². The molecule has 1 saturated heterocycles. The number of halogens is 2. The molecule has 0 unspecified atom stereocenters. The minimum atomic E-state index is -0.0695. The number of piperidine rings is 1. The fourth-order valence-electron chi connectivity index (χ4n) is 3.54. The third kappa shape index (κ3) is 5.16. The van der Waals surface area contributed by atoms with Crippen LogP contribution in [0.25, 0.3) is 0 Å². The van der Waals surface area contributed by atoms with Crippen LogP contribution in [0.15, 0.2) is 42.7 Å². The number of nitrogens with one attached hydrogen (secondary N) is 1. The fourth-order valence-corrected chi connectivity index (χ4v) is 4.90. The first-order valence-electron chi connectivity index (χ1n) is 9.83. The zero-order valence-corrected chi connectivity index (χ0v) is 18.8. The first-order valence-corrected chi connectivity index (χ1v) is 11.4. The van der Waals surface area contributed by atoms with E-state index in [1.165, 1.54) is 11.3 Å². The lowest BCUT2D eigenvalue weighted by molar-refractivity contribution is -0.120. The normalized spacial score (nSPS) is 14.3. The number of rotatable bonds is 5. The molecular formula is C22H19Cl2N5OS. The van der Waals surface area contributed by atoms with Gasteiger partial charge in [-0.1, -0.05) is 29.3 Å². The summed E-state index contributed by atoms with van der Waals surface area (Å²) in [7, 11) is 0. The van der Waals surface area contributed by atoms with Crippen molar-refractivity contribution in [1.82, 2.24) is 9.97 Å². The van der Waals surface area contributed by atoms with Crippen LogP contribution in [0.2, 0.25) is 10.0 Å². The zero-order valence-electron chi connectivity index (χ0n) is 16.5. The van der Waals surface area contributed by atoms with E-state index in [9.17, 15) is 4.79 Å². The lowest BCUT2D eigenvalue weighted by Crippen LogP contribution is -2.38. The highest BCUT2D eigenvalue weighted by Gasteiger charge is 2.26. The number of carbonyl (C=O) groups excluding carboxylic acids is 1. The van der Waals surface area contributed by atoms with E-state index in [4.69, 9.17) is 28.5 Å². The second-order valence-corrected chi connectivity index (χ2v) is 9.21. The van der Waals surface area contributed by atoms with Crippen LogP contribution >= 0.6 is 34.5 Å². The molecule has 0 atom stereocenters. The molecule has 2 aromatic heterocycles. The van der Waals surface area contributed by atoms with Gasteiger partial charge in [-0.2, -0.15) is 5.26 Å². The van der Waals surface area contributed by atoms with Gasteiger partial charge < -0.3 is 10.2 Å². The van der Waals surface area contributed by atoms with E-state index in [0.717, 1.165) is 42.2 Å². The Labute approximate surface area is 194 Å². The predicted molar refractivity (Wildman–Crippen MR) is 124 cm³/mol. The lowest BCUT2D eigenvalue weighted by Gasteiger charge is -2.31. The zero-order chi connectivity index (χ0) is 21.8. The molecule has 1 aliphatic rings. The quantitative estimate of drug-likeness (QED) is 0.555. The Hall–Kier alpha value is -2.66. The molecule has 158 valence electrons. The minimum Gasteiger partial charge on any atom is -0.357 e. The summed E-state index contributed by atoms with van der Waals surface area (Å²) in [5.74, 6) is 0.754. The molecule has 0 bridgehead atoms. The van der Waals surface area contributed by atoms with Gasteiger partial charge in [-0.15, -0.1) is 11.3 Å². The Morgan fingerprint density at radius 1 is 1.16 bits per heavy atom. The molecule has 0 radical (unpaired) electrons. The van der Waals surface area contributed by atoms with Gasteiger partial charge >= 0.3 is 0 Å². The van der Waals surface area contributed by atoms with Gasteiger partial charge in [0, 0.05) is 52.7 Å². The number of aromatic nitrogens is 2. The van der Waals surface area contributed by atoms with Crippen molar-refractivity contribution in [3.05, 3.63) is 68.8 Å². The van der Waals surface area contributed by atoms with Crippen molar-refractivity contribution < 1.29 is 4.79 Å². The number of pyridine rings is 1. The maximum atomic E-state index is 12.7. The maximum Gasteiger partial charge on any atom is 0.229 e. The average Bonchev–Trinajstić information content (AvgIpc) is 3.23. The number of carbonyl (C=O) groups is 1. The molecular weight excluding hydrogens is 453 g/mol. The van der Waals surface area contributed by atoms with Gasteiger partial charge in [-0.05, 0) is 42.7 Å². The molecule has 1 aliphatic heterocycles. The van der Waals surface area contributed by atoms with Crippen LogP contribution in [0.5, 0.6) is 0 Å². The number of nitrogens with zero attached hydrogens (tertiary/aromatic N) is 4. The highest BCUT2D eigenvalue weighted by Crippen LogP contribution is 2.30. The number of hydrogen-bond acceptors (Lipinski definition) is 6. The number of benzene rings is 1. The summed E-state index contributed by atoms with van der Waals surface area (Å²) in [6, 6.07) is 11.1. The Bertz CT molecular complexity index is 1100. The van der Waals surface area contributed by atoms with E-state index in [0.29, 0.717) is 27.2 Å². The Balaban J connectivity index is 1.32. The average molecular weight is 472 g/mol. The molecule has 4 rings (SSSR count). The monoisotopic (exact) mass is 471 g/mol. The van der Waals surface area contributed by atoms with Crippen LogP contribution in [-0.4, -0.2) is 29.0 Å². The van der Waals surface area contributed by atoms with Crippen molar-refractivity contribution in [2.24, 2.45) is 5.92 Å². The van der Waals surface area contributed by atoms with Gasteiger partial charge in [-0.3, -0.25) is 4.79 Å². The summed E-state index contributed by atoms with van der Waals surface area (Å²) in [6.45, 7) is 1.48. The highest BCUT2D eigenvalue weighted by molar-refractivity contribution is 7.15. The van der Waals surface area contributed by atoms with Crippen LogP contribution < -0.4 is 10.2 Å². The molecule has 0 saturated carbocycles. The molecule has 0 aliphatic carbocycles. The van der Waals surface area contributed by atoms with Crippen molar-refractivity contribution in [3.8, 4) is 6.07 Å². The third-order valence-electron chi connectivity index (χ3n) is 5.26. The summed E-state index contributed by atoms with van der Waals surface area (Å²) >= 11 is 13.9. The van der Waals surface area contributed by atoms with Crippen molar-refractivity contribution in [2.75, 3.05) is 23.3 Å². The molecule has 3 heterocycles. The Morgan fingerprint density at radius 3 is 2.55 bits per heavy atom. The van der Waals surface area contributed by atoms with Gasteiger partial charge in [-0.25, -0.2) is 9.97 Å². The third-order valence-corrected chi connectivity index (χ3v) is 6.88. The van der Waals surface area contributed by atoms with Gasteiger partial charge in [0.1, 0.15) is 11.9 Å². The number of nitriles is 1. The first-order chi connectivity index (χ1) is 15.0. The first kappa shape index (κ1) is 21.6. The van der Waals surface area contributed by atoms with E-state index in [-0.39, 0.29) is 11.8 Å². The van der Waals surface area contributed by atoms with Gasteiger partial charge in [0.25, 0.3) is 0 Å². The van der Waals surface area contributed by atoms with Crippen molar-refractivity contribution in [2.45, 2.75) is 19.3 Å². The summed E-state index contributed by atoms with van der Waals surface area (Å²) in [4.78, 5) is 24.5. The molecule has 1 N–H and O–H groups in total. The second-order valence-electron chi connectivity index (χ2n) is 7.28. The molecule has 1 fully saturated rings. The smallest absolute Gasteiger partial charge is 0.229 e. The molecule has 1 aromatic carbocycles. The SMILES string of the molecule is N#Cc1ccc(N2CCC(C(=O)Nc3ncc(Cc4c(Cl)cccc4Cl)s3)CC2)nc1. The number of thiazole rings is 1. The number of hydrogen-bond donors (Lipinski definition) is 1. The Kier molecular flexibility index (Phi) is 6.71. The van der Waals surface area contributed by atoms with E-state index in [2.05, 4.69) is 26.3 Å². The van der Waals surface area contributed by atoms with E-state index < -0.39 is 0 Å².